The number of para-hydroxylation sites is 2. The van der Waals surface area contributed by atoms with Crippen molar-refractivity contribution in [2.24, 2.45) is 5.92 Å². The highest BCUT2D eigenvalue weighted by Gasteiger charge is 2.30. The van der Waals surface area contributed by atoms with Gasteiger partial charge in [-0.1, -0.05) is 92.4 Å². The van der Waals surface area contributed by atoms with Crippen LogP contribution in [0.25, 0.3) is 11.0 Å². The molecule has 1 aliphatic carbocycles. The lowest BCUT2D eigenvalue weighted by atomic mass is 9.80. The minimum atomic E-state index is -0.120. The van der Waals surface area contributed by atoms with Crippen LogP contribution >= 0.6 is 11.3 Å². The predicted octanol–water partition coefficient (Wildman–Crippen LogP) is 7.50. The van der Waals surface area contributed by atoms with E-state index >= 15 is 0 Å². The molecule has 6 heteroatoms. The highest BCUT2D eigenvalue weighted by molar-refractivity contribution is 7.07. The third kappa shape index (κ3) is 6.18. The third-order valence-corrected chi connectivity index (χ3v) is 8.83. The number of nitrogens with one attached hydrogen (secondary N) is 1. The maximum Gasteiger partial charge on any atom is 0.228 e. The van der Waals surface area contributed by atoms with Crippen LogP contribution in [0.3, 0.4) is 0 Å². The van der Waals surface area contributed by atoms with Crippen molar-refractivity contribution in [3.8, 4) is 0 Å². The van der Waals surface area contributed by atoms with Gasteiger partial charge in [-0.25, -0.2) is 9.97 Å². The van der Waals surface area contributed by atoms with Gasteiger partial charge in [-0.2, -0.15) is 0 Å². The van der Waals surface area contributed by atoms with Gasteiger partial charge in [0.2, 0.25) is 5.91 Å². The van der Waals surface area contributed by atoms with Crippen LogP contribution < -0.4 is 5.32 Å². The molecule has 1 amide bonds. The normalized spacial score (nSPS) is 15.1. The number of benzene rings is 3. The van der Waals surface area contributed by atoms with Gasteiger partial charge in [0, 0.05) is 24.9 Å². The Morgan fingerprint density at radius 3 is 2.40 bits per heavy atom. The molecule has 2 aromatic heterocycles. The fourth-order valence-electron chi connectivity index (χ4n) is 6.11. The number of imidazole rings is 1. The molecule has 0 aliphatic heterocycles. The van der Waals surface area contributed by atoms with Crippen molar-refractivity contribution in [3.63, 3.8) is 0 Å². The van der Waals surface area contributed by atoms with E-state index in [-0.39, 0.29) is 11.8 Å². The van der Waals surface area contributed by atoms with Gasteiger partial charge in [-0.05, 0) is 47.6 Å². The lowest BCUT2D eigenvalue weighted by Gasteiger charge is -2.26. The van der Waals surface area contributed by atoms with E-state index in [1.807, 2.05) is 29.8 Å². The van der Waals surface area contributed by atoms with Crippen LogP contribution in [0.5, 0.6) is 0 Å². The second-order valence-corrected chi connectivity index (χ2v) is 11.7. The van der Waals surface area contributed by atoms with Gasteiger partial charge in [0.15, 0.2) is 0 Å². The zero-order chi connectivity index (χ0) is 27.1. The standard InChI is InChI=1S/C34H36N4OS/c39-34(35-21-25-10-4-3-5-11-25)33(27-12-6-1-2-7-13-27)28-18-16-26(17-19-28)22-38-31-15-9-8-14-30(31)37-32(38)20-29-23-40-24-36-29/h3-5,8-11,14-19,23-24,27,33H,1-2,6-7,12-13,20-22H2,(H,35,39). The summed E-state index contributed by atoms with van der Waals surface area (Å²) in [4.78, 5) is 23.1. The summed E-state index contributed by atoms with van der Waals surface area (Å²) in [6, 6.07) is 27.3. The number of carbonyl (C=O) groups excluding carboxylic acids is 1. The summed E-state index contributed by atoms with van der Waals surface area (Å²) in [5.41, 5.74) is 8.52. The van der Waals surface area contributed by atoms with Crippen LogP contribution in [0, 0.1) is 5.92 Å². The Morgan fingerprint density at radius 2 is 1.65 bits per heavy atom. The van der Waals surface area contributed by atoms with Crippen LogP contribution in [0.1, 0.15) is 72.7 Å². The second-order valence-electron chi connectivity index (χ2n) is 10.9. The average molecular weight is 549 g/mol. The van der Waals surface area contributed by atoms with Crippen molar-refractivity contribution >= 4 is 28.3 Å². The van der Waals surface area contributed by atoms with Gasteiger partial charge in [0.25, 0.3) is 0 Å². The SMILES string of the molecule is O=C(NCc1ccccc1)C(c1ccc(Cn2c(Cc3cscn3)nc3ccccc32)cc1)C1CCCCCC1. The Bertz CT molecular complexity index is 1520. The fraction of sp³-hybridized carbons (Fsp3) is 0.324. The zero-order valence-electron chi connectivity index (χ0n) is 22.8. The summed E-state index contributed by atoms with van der Waals surface area (Å²) in [5.74, 6) is 1.43. The number of nitrogens with zero attached hydrogens (tertiary/aromatic N) is 3. The molecule has 1 saturated carbocycles. The van der Waals surface area contributed by atoms with Gasteiger partial charge in [-0.3, -0.25) is 4.79 Å². The number of thiazole rings is 1. The first-order chi connectivity index (χ1) is 19.7. The quantitative estimate of drug-likeness (QED) is 0.194. The van der Waals surface area contributed by atoms with Gasteiger partial charge in [-0.15, -0.1) is 11.3 Å². The van der Waals surface area contributed by atoms with Crippen molar-refractivity contribution in [1.82, 2.24) is 19.9 Å². The van der Waals surface area contributed by atoms with Gasteiger partial charge >= 0.3 is 0 Å². The Balaban J connectivity index is 1.25. The minimum absolute atomic E-state index is 0.120. The molecule has 1 aliphatic rings. The Labute approximate surface area is 240 Å². The molecule has 1 N–H and O–H groups in total. The van der Waals surface area contributed by atoms with E-state index in [4.69, 9.17) is 4.98 Å². The summed E-state index contributed by atoms with van der Waals surface area (Å²) in [5, 5.41) is 5.35. The van der Waals surface area contributed by atoms with Gasteiger partial charge in [0.05, 0.1) is 28.2 Å². The summed E-state index contributed by atoms with van der Waals surface area (Å²) in [6.45, 7) is 1.30. The number of hydrogen-bond acceptors (Lipinski definition) is 4. The lowest BCUT2D eigenvalue weighted by molar-refractivity contribution is -0.124. The van der Waals surface area contributed by atoms with E-state index in [2.05, 4.69) is 74.8 Å². The molecule has 6 rings (SSSR count). The molecule has 0 bridgehead atoms. The Kier molecular flexibility index (Phi) is 8.33. The average Bonchev–Trinajstić information content (AvgIpc) is 3.53. The molecule has 2 heterocycles. The molecule has 1 atom stereocenters. The molecule has 40 heavy (non-hydrogen) atoms. The second kappa shape index (κ2) is 12.6. The van der Waals surface area contributed by atoms with Crippen molar-refractivity contribution in [1.29, 1.82) is 0 Å². The first-order valence-corrected chi connectivity index (χ1v) is 15.4. The summed E-state index contributed by atoms with van der Waals surface area (Å²) in [6.07, 6.45) is 7.91. The van der Waals surface area contributed by atoms with Crippen LogP contribution in [0.2, 0.25) is 0 Å². The van der Waals surface area contributed by atoms with Crippen molar-refractivity contribution in [2.45, 2.75) is 64.0 Å². The molecular formula is C34H36N4OS. The highest BCUT2D eigenvalue weighted by atomic mass is 32.1. The molecule has 1 unspecified atom stereocenters. The Hall–Kier alpha value is -3.77. The molecule has 5 aromatic rings. The van der Waals surface area contributed by atoms with Crippen LogP contribution in [-0.2, 0) is 24.3 Å². The van der Waals surface area contributed by atoms with E-state index < -0.39 is 0 Å². The first-order valence-electron chi connectivity index (χ1n) is 14.5. The fourth-order valence-corrected chi connectivity index (χ4v) is 6.67. The molecule has 0 saturated heterocycles. The zero-order valence-corrected chi connectivity index (χ0v) is 23.7. The molecule has 5 nitrogen and oxygen atoms in total. The lowest BCUT2D eigenvalue weighted by Crippen LogP contribution is -2.33. The largest absolute Gasteiger partial charge is 0.351 e. The predicted molar refractivity (Wildman–Crippen MR) is 162 cm³/mol. The van der Waals surface area contributed by atoms with Crippen LogP contribution in [-0.4, -0.2) is 20.4 Å². The van der Waals surface area contributed by atoms with Gasteiger partial charge in [0.1, 0.15) is 5.82 Å². The monoisotopic (exact) mass is 548 g/mol. The number of aromatic nitrogens is 3. The molecule has 0 spiro atoms. The summed E-state index contributed by atoms with van der Waals surface area (Å²) in [7, 11) is 0. The third-order valence-electron chi connectivity index (χ3n) is 8.20. The molecular weight excluding hydrogens is 512 g/mol. The van der Waals surface area contributed by atoms with E-state index in [0.29, 0.717) is 18.9 Å². The van der Waals surface area contributed by atoms with Crippen molar-refractivity contribution < 1.29 is 4.79 Å². The first kappa shape index (κ1) is 26.5. The summed E-state index contributed by atoms with van der Waals surface area (Å²) >= 11 is 1.62. The number of carbonyl (C=O) groups is 1. The van der Waals surface area contributed by atoms with Crippen molar-refractivity contribution in [2.75, 3.05) is 0 Å². The van der Waals surface area contributed by atoms with E-state index in [9.17, 15) is 4.79 Å². The van der Waals surface area contributed by atoms with Crippen LogP contribution in [0.15, 0.2) is 89.8 Å². The molecule has 1 fully saturated rings. The molecule has 204 valence electrons. The number of amides is 1. The highest BCUT2D eigenvalue weighted by Crippen LogP contribution is 2.36. The number of fused-ring (bicyclic) bond motifs is 1. The van der Waals surface area contributed by atoms with E-state index in [1.54, 1.807) is 11.3 Å². The topological polar surface area (TPSA) is 59.8 Å². The smallest absolute Gasteiger partial charge is 0.228 e. The van der Waals surface area contributed by atoms with Crippen LogP contribution in [0.4, 0.5) is 0 Å². The maximum atomic E-state index is 13.7. The number of rotatable bonds is 9. The Morgan fingerprint density at radius 1 is 0.900 bits per heavy atom. The maximum absolute atomic E-state index is 13.7. The van der Waals surface area contributed by atoms with E-state index in [1.165, 1.54) is 31.2 Å². The molecule has 3 aromatic carbocycles. The van der Waals surface area contributed by atoms with Gasteiger partial charge < -0.3 is 9.88 Å². The minimum Gasteiger partial charge on any atom is -0.351 e. The number of hydrogen-bond donors (Lipinski definition) is 1. The molecule has 0 radical (unpaired) electrons. The summed E-state index contributed by atoms with van der Waals surface area (Å²) < 4.78 is 2.30. The van der Waals surface area contributed by atoms with Crippen molar-refractivity contribution in [3.05, 3.63) is 118 Å². The van der Waals surface area contributed by atoms with E-state index in [0.717, 1.165) is 53.1 Å².